The molecule has 13 heteroatoms. The molecule has 0 spiro atoms. The van der Waals surface area contributed by atoms with Crippen molar-refractivity contribution in [3.05, 3.63) is 37.2 Å². The first-order valence-corrected chi connectivity index (χ1v) is 8.66. The van der Waals surface area contributed by atoms with Gasteiger partial charge in [-0.15, -0.1) is 0 Å². The summed E-state index contributed by atoms with van der Waals surface area (Å²) in [4.78, 5) is 15.4. The van der Waals surface area contributed by atoms with E-state index < -0.39 is 18.5 Å². The molecule has 23 heavy (non-hydrogen) atoms. The van der Waals surface area contributed by atoms with Crippen molar-refractivity contribution in [2.45, 2.75) is 0 Å². The van der Waals surface area contributed by atoms with Gasteiger partial charge in [0.15, 0.2) is 0 Å². The first-order chi connectivity index (χ1) is 11.0. The van der Waals surface area contributed by atoms with E-state index in [1.54, 1.807) is 37.2 Å². The molecule has 0 aliphatic heterocycles. The molecule has 0 radical (unpaired) electrons. The molecule has 2 aromatic heterocycles. The fourth-order valence-electron chi connectivity index (χ4n) is 0.936. The Morgan fingerprint density at radius 3 is 1.43 bits per heavy atom. The topological polar surface area (TPSA) is 110 Å². The Morgan fingerprint density at radius 1 is 0.870 bits per heavy atom. The molecule has 0 aliphatic carbocycles. The fraction of sp³-hybridized carbons (Fsp3) is 0. The van der Waals surface area contributed by atoms with Crippen LogP contribution >= 0.6 is 24.4 Å². The Kier molecular flexibility index (Phi) is 13.4. The third kappa shape index (κ3) is 14.0. The van der Waals surface area contributed by atoms with E-state index in [2.05, 4.69) is 80.3 Å². The van der Waals surface area contributed by atoms with Gasteiger partial charge in [-0.2, -0.15) is 0 Å². The number of nitrogens with one attached hydrogen (secondary N) is 2. The van der Waals surface area contributed by atoms with E-state index in [4.69, 9.17) is 6.80 Å². The quantitative estimate of drug-likeness (QED) is 0.375. The number of rotatable bonds is 2. The van der Waals surface area contributed by atoms with Crippen LogP contribution in [-0.4, -0.2) is 28.6 Å². The predicted octanol–water partition coefficient (Wildman–Crippen LogP) is 1.20. The van der Waals surface area contributed by atoms with Crippen LogP contribution in [0.15, 0.2) is 37.2 Å². The van der Waals surface area contributed by atoms with Gasteiger partial charge < -0.3 is 60.3 Å². The summed E-state index contributed by atoms with van der Waals surface area (Å²) < 4.78 is 17.6. The fourth-order valence-corrected chi connectivity index (χ4v) is 1.35. The molecule has 0 aliphatic rings. The van der Waals surface area contributed by atoms with Crippen LogP contribution in [0.25, 0.3) is 0 Å². The van der Waals surface area contributed by atoms with Gasteiger partial charge in [0.05, 0.1) is 12.4 Å². The number of thiocarbonyl (C=S) groups is 2. The van der Waals surface area contributed by atoms with Crippen LogP contribution in [-0.2, 0) is 50.5 Å². The Morgan fingerprint density at radius 2 is 1.22 bits per heavy atom. The van der Waals surface area contributed by atoms with E-state index in [9.17, 15) is 0 Å². The van der Waals surface area contributed by atoms with Crippen molar-refractivity contribution < 1.29 is 25.3 Å². The van der Waals surface area contributed by atoms with Gasteiger partial charge in [-0.3, -0.25) is 9.97 Å². The number of hydrogen-bond acceptors (Lipinski definition) is 10. The molecular weight excluding hydrogens is 460 g/mol. The minimum atomic E-state index is -2.03. The molecule has 0 bridgehead atoms. The predicted molar refractivity (Wildman–Crippen MR) is 92.6 cm³/mol. The maximum absolute atomic E-state index is 8.50. The molecular formula is C10H8MoN6O2S4. The molecule has 2 N–H and O–H groups in total. The van der Waals surface area contributed by atoms with E-state index in [-0.39, 0.29) is 8.64 Å². The standard InChI is InChI=1S/2C5H5N3S2.Mo.2O/c2*9-5(10)8-4-3-6-1-2-7-4;;;/h2*1-3H,(H2,7,8,9,10);;;/q;;+2;;/p-2. The molecule has 2 aromatic rings. The summed E-state index contributed by atoms with van der Waals surface area (Å²) in [6.45, 7) is 0. The Bertz CT molecular complexity index is 591. The molecule has 0 unspecified atom stereocenters. The summed E-state index contributed by atoms with van der Waals surface area (Å²) in [5.74, 6) is 1.17. The maximum atomic E-state index is 8.50. The van der Waals surface area contributed by atoms with Crippen LogP contribution in [0.2, 0.25) is 0 Å². The number of hydrogen-bond donors (Lipinski definition) is 2. The second-order valence-electron chi connectivity index (χ2n) is 3.07. The van der Waals surface area contributed by atoms with Gasteiger partial charge in [0.25, 0.3) is 0 Å². The van der Waals surface area contributed by atoms with Crippen LogP contribution in [0.4, 0.5) is 11.6 Å². The Labute approximate surface area is 162 Å². The van der Waals surface area contributed by atoms with Crippen molar-refractivity contribution in [1.29, 1.82) is 0 Å². The van der Waals surface area contributed by atoms with Crippen molar-refractivity contribution in [2.75, 3.05) is 10.6 Å². The molecule has 0 aromatic carbocycles. The third-order valence-electron chi connectivity index (χ3n) is 1.59. The van der Waals surface area contributed by atoms with E-state index in [0.717, 1.165) is 0 Å². The number of anilines is 2. The number of nitrogens with zero attached hydrogens (tertiary/aromatic N) is 4. The average molecular weight is 468 g/mol. The zero-order valence-corrected chi connectivity index (χ0v) is 16.4. The Hall–Kier alpha value is -1.33. The first-order valence-electron chi connectivity index (χ1n) is 5.39. The molecule has 0 saturated carbocycles. The van der Waals surface area contributed by atoms with Gasteiger partial charge in [-0.25, -0.2) is 9.97 Å². The molecule has 120 valence electrons. The van der Waals surface area contributed by atoms with Crippen LogP contribution in [0.1, 0.15) is 0 Å². The van der Waals surface area contributed by atoms with E-state index in [1.165, 1.54) is 0 Å². The van der Waals surface area contributed by atoms with Crippen molar-refractivity contribution >= 4 is 70.0 Å². The summed E-state index contributed by atoms with van der Waals surface area (Å²) in [6, 6.07) is 0. The SMILES string of the molecule is S=C([S-])Nc1cnccn1.S=C([S-])Nc1cnccn1.[O]=[Mo+2]=[O]. The summed E-state index contributed by atoms with van der Waals surface area (Å²) in [5, 5.41) is 5.35. The zero-order valence-electron chi connectivity index (χ0n) is 11.1. The van der Waals surface area contributed by atoms with E-state index in [0.29, 0.717) is 11.6 Å². The number of aromatic nitrogens is 4. The summed E-state index contributed by atoms with van der Waals surface area (Å²) in [5.41, 5.74) is 0. The van der Waals surface area contributed by atoms with Gasteiger partial charge in [0, 0.05) is 24.8 Å². The zero-order chi connectivity index (χ0) is 17.5. The molecule has 8 nitrogen and oxygen atoms in total. The van der Waals surface area contributed by atoms with Crippen LogP contribution in [0, 0.1) is 0 Å². The van der Waals surface area contributed by atoms with Crippen molar-refractivity contribution in [3.8, 4) is 0 Å². The van der Waals surface area contributed by atoms with Crippen molar-refractivity contribution in [3.63, 3.8) is 0 Å². The van der Waals surface area contributed by atoms with Gasteiger partial charge >= 0.3 is 25.3 Å². The van der Waals surface area contributed by atoms with Crippen LogP contribution < -0.4 is 10.6 Å². The molecule has 2 heterocycles. The monoisotopic (exact) mass is 470 g/mol. The third-order valence-corrected chi connectivity index (χ3v) is 1.99. The molecule has 0 saturated heterocycles. The summed E-state index contributed by atoms with van der Waals surface area (Å²) in [7, 11) is 0. The second-order valence-corrected chi connectivity index (χ2v) is 5.56. The van der Waals surface area contributed by atoms with Crippen molar-refractivity contribution in [1.82, 2.24) is 19.9 Å². The van der Waals surface area contributed by atoms with E-state index in [1.807, 2.05) is 0 Å². The molecule has 2 rings (SSSR count). The van der Waals surface area contributed by atoms with Gasteiger partial charge in [-0.1, -0.05) is 8.64 Å². The Balaban J connectivity index is 0.000000360. The van der Waals surface area contributed by atoms with Gasteiger partial charge in [0.1, 0.15) is 11.6 Å². The van der Waals surface area contributed by atoms with Gasteiger partial charge in [-0.05, 0) is 0 Å². The molecule has 0 atom stereocenters. The van der Waals surface area contributed by atoms with Crippen LogP contribution in [0.5, 0.6) is 0 Å². The minimum absolute atomic E-state index is 0.278. The van der Waals surface area contributed by atoms with Crippen LogP contribution in [0.3, 0.4) is 0 Å². The average Bonchev–Trinajstić information content (AvgIpc) is 2.49. The van der Waals surface area contributed by atoms with Gasteiger partial charge in [0.2, 0.25) is 0 Å². The summed E-state index contributed by atoms with van der Waals surface area (Å²) >= 11 is 16.4. The van der Waals surface area contributed by atoms with Crippen molar-refractivity contribution in [2.24, 2.45) is 0 Å². The van der Waals surface area contributed by atoms with E-state index >= 15 is 0 Å². The molecule has 0 fully saturated rings. The first kappa shape index (κ1) is 21.7. The molecule has 0 amide bonds. The second kappa shape index (κ2) is 14.3. The normalized spacial score (nSPS) is 8.00. The summed E-state index contributed by atoms with van der Waals surface area (Å²) in [6.07, 6.45) is 9.40.